The predicted molar refractivity (Wildman–Crippen MR) is 64.6 cm³/mol. The van der Waals surface area contributed by atoms with Crippen LogP contribution in [0.25, 0.3) is 0 Å². The zero-order valence-corrected chi connectivity index (χ0v) is 10.6. The molecule has 1 N–H and O–H groups in total. The van der Waals surface area contributed by atoms with E-state index in [1.54, 1.807) is 12.1 Å². The summed E-state index contributed by atoms with van der Waals surface area (Å²) in [7, 11) is 0. The molecule has 0 radical (unpaired) electrons. The van der Waals surface area contributed by atoms with E-state index < -0.39 is 11.3 Å². The summed E-state index contributed by atoms with van der Waals surface area (Å²) < 4.78 is 24.9. The Labute approximate surface area is 106 Å². The van der Waals surface area contributed by atoms with Gasteiger partial charge in [-0.25, -0.2) is 4.39 Å². The van der Waals surface area contributed by atoms with Crippen molar-refractivity contribution < 1.29 is 19.0 Å². The van der Waals surface area contributed by atoms with Crippen LogP contribution in [-0.2, 0) is 12.1 Å². The fraction of sp³-hybridized carbons (Fsp3) is 0.571. The smallest absolute Gasteiger partial charge is 0.231 e. The molecule has 0 unspecified atom stereocenters. The SMILES string of the molecule is CC(C)(F)c1cc2c(cc1CC1(O)CC1)OCO2. The van der Waals surface area contributed by atoms with E-state index in [0.717, 1.165) is 18.4 Å². The third kappa shape index (κ3) is 2.05. The number of halogens is 1. The third-order valence-corrected chi connectivity index (χ3v) is 3.59. The number of hydrogen-bond acceptors (Lipinski definition) is 3. The van der Waals surface area contributed by atoms with Gasteiger partial charge in [-0.1, -0.05) is 0 Å². The Balaban J connectivity index is 2.04. The number of hydrogen-bond donors (Lipinski definition) is 1. The van der Waals surface area contributed by atoms with Gasteiger partial charge >= 0.3 is 0 Å². The number of aliphatic hydroxyl groups is 1. The molecule has 3 rings (SSSR count). The van der Waals surface area contributed by atoms with Crippen molar-refractivity contribution in [1.29, 1.82) is 0 Å². The lowest BCUT2D eigenvalue weighted by atomic mass is 9.90. The molecular weight excluding hydrogens is 235 g/mol. The number of fused-ring (bicyclic) bond motifs is 1. The summed E-state index contributed by atoms with van der Waals surface area (Å²) in [6.07, 6.45) is 2.05. The molecule has 2 aliphatic rings. The molecule has 1 aliphatic heterocycles. The maximum Gasteiger partial charge on any atom is 0.231 e. The number of benzene rings is 1. The van der Waals surface area contributed by atoms with Gasteiger partial charge in [-0.2, -0.15) is 0 Å². The maximum absolute atomic E-state index is 14.3. The van der Waals surface area contributed by atoms with Crippen molar-refractivity contribution in [3.8, 4) is 11.5 Å². The Morgan fingerprint density at radius 3 is 2.44 bits per heavy atom. The molecule has 3 nitrogen and oxygen atoms in total. The lowest BCUT2D eigenvalue weighted by Crippen LogP contribution is -2.18. The van der Waals surface area contributed by atoms with Crippen LogP contribution in [0.15, 0.2) is 12.1 Å². The second-order valence-electron chi connectivity index (χ2n) is 5.74. The van der Waals surface area contributed by atoms with E-state index in [1.165, 1.54) is 13.8 Å². The van der Waals surface area contributed by atoms with E-state index in [4.69, 9.17) is 9.47 Å². The Morgan fingerprint density at radius 2 is 1.89 bits per heavy atom. The molecule has 98 valence electrons. The first-order valence-corrected chi connectivity index (χ1v) is 6.22. The number of ether oxygens (including phenoxy) is 2. The lowest BCUT2D eigenvalue weighted by molar-refractivity contribution is 0.148. The minimum atomic E-state index is -1.46. The van der Waals surface area contributed by atoms with Gasteiger partial charge in [-0.05, 0) is 49.9 Å². The molecule has 0 bridgehead atoms. The van der Waals surface area contributed by atoms with E-state index in [2.05, 4.69) is 0 Å². The van der Waals surface area contributed by atoms with Crippen molar-refractivity contribution in [1.82, 2.24) is 0 Å². The molecule has 1 aromatic carbocycles. The molecule has 1 aliphatic carbocycles. The van der Waals surface area contributed by atoms with Gasteiger partial charge in [0.25, 0.3) is 0 Å². The average Bonchev–Trinajstić information content (AvgIpc) is 2.82. The molecule has 1 aromatic rings. The predicted octanol–water partition coefficient (Wildman–Crippen LogP) is 2.69. The first-order chi connectivity index (χ1) is 8.37. The van der Waals surface area contributed by atoms with E-state index >= 15 is 0 Å². The number of alkyl halides is 1. The third-order valence-electron chi connectivity index (χ3n) is 3.59. The van der Waals surface area contributed by atoms with Gasteiger partial charge in [0.05, 0.1) is 5.60 Å². The molecule has 0 aromatic heterocycles. The summed E-state index contributed by atoms with van der Waals surface area (Å²) in [6.45, 7) is 3.21. The van der Waals surface area contributed by atoms with Gasteiger partial charge < -0.3 is 14.6 Å². The Kier molecular flexibility index (Phi) is 2.36. The lowest BCUT2D eigenvalue weighted by Gasteiger charge is -2.21. The molecule has 0 amide bonds. The van der Waals surface area contributed by atoms with Crippen molar-refractivity contribution in [3.05, 3.63) is 23.3 Å². The summed E-state index contributed by atoms with van der Waals surface area (Å²) >= 11 is 0. The molecule has 4 heteroatoms. The highest BCUT2D eigenvalue weighted by molar-refractivity contribution is 5.51. The summed E-state index contributed by atoms with van der Waals surface area (Å²) in [5, 5.41) is 10.0. The normalized spacial score (nSPS) is 20.0. The van der Waals surface area contributed by atoms with E-state index in [-0.39, 0.29) is 6.79 Å². The van der Waals surface area contributed by atoms with Crippen LogP contribution in [0.4, 0.5) is 4.39 Å². The highest BCUT2D eigenvalue weighted by atomic mass is 19.1. The molecule has 1 saturated carbocycles. The summed E-state index contributed by atoms with van der Waals surface area (Å²) in [6, 6.07) is 3.50. The van der Waals surface area contributed by atoms with Crippen LogP contribution in [0.5, 0.6) is 11.5 Å². The summed E-state index contributed by atoms with van der Waals surface area (Å²) in [5.74, 6) is 1.23. The highest BCUT2D eigenvalue weighted by Gasteiger charge is 2.42. The quantitative estimate of drug-likeness (QED) is 0.899. The molecule has 1 fully saturated rings. The number of rotatable bonds is 3. The van der Waals surface area contributed by atoms with E-state index in [0.29, 0.717) is 23.5 Å². The monoisotopic (exact) mass is 252 g/mol. The van der Waals surface area contributed by atoms with Crippen molar-refractivity contribution in [3.63, 3.8) is 0 Å². The second-order valence-corrected chi connectivity index (χ2v) is 5.74. The Morgan fingerprint density at radius 1 is 1.28 bits per heavy atom. The molecule has 0 spiro atoms. The van der Waals surface area contributed by atoms with Gasteiger partial charge in [0, 0.05) is 6.42 Å². The zero-order valence-electron chi connectivity index (χ0n) is 10.6. The highest BCUT2D eigenvalue weighted by Crippen LogP contribution is 2.44. The van der Waals surface area contributed by atoms with Crippen molar-refractivity contribution in [2.45, 2.75) is 44.4 Å². The Hall–Kier alpha value is -1.29. The van der Waals surface area contributed by atoms with Crippen LogP contribution in [0.3, 0.4) is 0 Å². The van der Waals surface area contributed by atoms with Gasteiger partial charge in [0.1, 0.15) is 5.67 Å². The topological polar surface area (TPSA) is 38.7 Å². The van der Waals surface area contributed by atoms with Crippen molar-refractivity contribution in [2.75, 3.05) is 6.79 Å². The van der Waals surface area contributed by atoms with Crippen LogP contribution in [0.1, 0.15) is 37.8 Å². The first-order valence-electron chi connectivity index (χ1n) is 6.22. The van der Waals surface area contributed by atoms with Gasteiger partial charge in [0.15, 0.2) is 11.5 Å². The summed E-state index contributed by atoms with van der Waals surface area (Å²) in [4.78, 5) is 0. The van der Waals surface area contributed by atoms with Gasteiger partial charge in [-0.3, -0.25) is 0 Å². The molecule has 1 heterocycles. The van der Waals surface area contributed by atoms with Crippen LogP contribution in [0, 0.1) is 0 Å². The zero-order chi connectivity index (χ0) is 13.0. The second kappa shape index (κ2) is 3.60. The van der Waals surface area contributed by atoms with E-state index in [9.17, 15) is 9.50 Å². The average molecular weight is 252 g/mol. The fourth-order valence-corrected chi connectivity index (χ4v) is 2.36. The van der Waals surface area contributed by atoms with E-state index in [1.807, 2.05) is 0 Å². The molecule has 18 heavy (non-hydrogen) atoms. The van der Waals surface area contributed by atoms with Crippen LogP contribution in [-0.4, -0.2) is 17.5 Å². The van der Waals surface area contributed by atoms with Crippen molar-refractivity contribution in [2.24, 2.45) is 0 Å². The minimum absolute atomic E-state index is 0.176. The minimum Gasteiger partial charge on any atom is -0.454 e. The van der Waals surface area contributed by atoms with Crippen LogP contribution in [0.2, 0.25) is 0 Å². The van der Waals surface area contributed by atoms with Crippen molar-refractivity contribution >= 4 is 0 Å². The first kappa shape index (κ1) is 11.8. The molecule has 0 atom stereocenters. The van der Waals surface area contributed by atoms with Crippen LogP contribution >= 0.6 is 0 Å². The standard InChI is InChI=1S/C14H17FO3/c1-13(2,15)10-6-12-11(17-8-18-12)5-9(10)7-14(16)3-4-14/h5-6,16H,3-4,7-8H2,1-2H3. The van der Waals surface area contributed by atoms with Crippen LogP contribution < -0.4 is 9.47 Å². The molecule has 0 saturated heterocycles. The fourth-order valence-electron chi connectivity index (χ4n) is 2.36. The molecular formula is C14H17FO3. The largest absolute Gasteiger partial charge is 0.454 e. The Bertz CT molecular complexity index is 487. The summed E-state index contributed by atoms with van der Waals surface area (Å²) in [5.41, 5.74) is -0.714. The van der Waals surface area contributed by atoms with Gasteiger partial charge in [0.2, 0.25) is 6.79 Å². The van der Waals surface area contributed by atoms with Gasteiger partial charge in [-0.15, -0.1) is 0 Å². The maximum atomic E-state index is 14.3.